The van der Waals surface area contributed by atoms with Gasteiger partial charge >= 0.3 is 0 Å². The predicted octanol–water partition coefficient (Wildman–Crippen LogP) is 0.348. The molecule has 5 nitrogen and oxygen atoms in total. The van der Waals surface area contributed by atoms with E-state index in [1.807, 2.05) is 18.2 Å². The number of nitrogens with two attached hydrogens (primary N) is 2. The van der Waals surface area contributed by atoms with Crippen LogP contribution in [0.25, 0.3) is 17.0 Å². The summed E-state index contributed by atoms with van der Waals surface area (Å²) < 4.78 is 0. The number of fused-ring (bicyclic) bond motifs is 1. The Hall–Kier alpha value is -2.30. The summed E-state index contributed by atoms with van der Waals surface area (Å²) in [5.41, 5.74) is 12.2. The van der Waals surface area contributed by atoms with E-state index in [2.05, 4.69) is 10.2 Å². The van der Waals surface area contributed by atoms with Crippen molar-refractivity contribution >= 4 is 22.9 Å². The van der Waals surface area contributed by atoms with E-state index in [1.165, 1.54) is 6.08 Å². The third-order valence-corrected chi connectivity index (χ3v) is 2.07. The van der Waals surface area contributed by atoms with Gasteiger partial charge in [-0.25, -0.2) is 0 Å². The van der Waals surface area contributed by atoms with Crippen LogP contribution < -0.4 is 11.5 Å². The predicted molar refractivity (Wildman–Crippen MR) is 57.5 cm³/mol. The summed E-state index contributed by atoms with van der Waals surface area (Å²) in [6, 6.07) is 5.57. The molecule has 1 amide bonds. The number of benzene rings is 1. The van der Waals surface area contributed by atoms with Gasteiger partial charge in [0.15, 0.2) is 0 Å². The number of aromatic amines is 1. The second-order valence-electron chi connectivity index (χ2n) is 3.18. The van der Waals surface area contributed by atoms with E-state index in [1.54, 1.807) is 6.20 Å². The highest BCUT2D eigenvalue weighted by Gasteiger charge is 2.00. The Morgan fingerprint density at radius 1 is 1.40 bits per heavy atom. The first kappa shape index (κ1) is 9.26. The lowest BCUT2D eigenvalue weighted by Crippen LogP contribution is -2.19. The van der Waals surface area contributed by atoms with Crippen molar-refractivity contribution in [3.05, 3.63) is 35.7 Å². The van der Waals surface area contributed by atoms with Gasteiger partial charge in [-0.15, -0.1) is 0 Å². The van der Waals surface area contributed by atoms with Gasteiger partial charge in [0, 0.05) is 5.39 Å². The molecular formula is C10H10N4O. The SMILES string of the molecule is NC(=O)/C(N)=C/c1ccc2cn[nH]c2c1. The molecule has 1 aromatic carbocycles. The molecule has 0 unspecified atom stereocenters. The van der Waals surface area contributed by atoms with E-state index in [-0.39, 0.29) is 5.70 Å². The van der Waals surface area contributed by atoms with Crippen molar-refractivity contribution in [3.8, 4) is 0 Å². The molecule has 76 valence electrons. The fraction of sp³-hybridized carbons (Fsp3) is 0. The minimum Gasteiger partial charge on any atom is -0.394 e. The third kappa shape index (κ3) is 1.80. The maximum atomic E-state index is 10.7. The minimum absolute atomic E-state index is 0.0360. The van der Waals surface area contributed by atoms with Gasteiger partial charge in [-0.1, -0.05) is 12.1 Å². The van der Waals surface area contributed by atoms with Crippen LogP contribution in [0.3, 0.4) is 0 Å². The summed E-state index contributed by atoms with van der Waals surface area (Å²) in [4.78, 5) is 10.7. The van der Waals surface area contributed by atoms with Gasteiger partial charge in [0.2, 0.25) is 0 Å². The number of H-pyrrole nitrogens is 1. The Morgan fingerprint density at radius 3 is 2.93 bits per heavy atom. The van der Waals surface area contributed by atoms with E-state index in [9.17, 15) is 4.79 Å². The number of aromatic nitrogens is 2. The summed E-state index contributed by atoms with van der Waals surface area (Å²) in [6.45, 7) is 0. The monoisotopic (exact) mass is 202 g/mol. The van der Waals surface area contributed by atoms with Gasteiger partial charge in [-0.3, -0.25) is 9.89 Å². The Balaban J connectivity index is 2.44. The molecule has 15 heavy (non-hydrogen) atoms. The van der Waals surface area contributed by atoms with Gasteiger partial charge in [0.25, 0.3) is 5.91 Å². The highest BCUT2D eigenvalue weighted by atomic mass is 16.1. The first-order chi connectivity index (χ1) is 7.16. The highest BCUT2D eigenvalue weighted by molar-refractivity contribution is 5.96. The summed E-state index contributed by atoms with van der Waals surface area (Å²) in [7, 11) is 0. The molecule has 0 aliphatic heterocycles. The van der Waals surface area contributed by atoms with Crippen LogP contribution in [0.1, 0.15) is 5.56 Å². The maximum Gasteiger partial charge on any atom is 0.264 e. The number of amides is 1. The number of rotatable bonds is 2. The fourth-order valence-corrected chi connectivity index (χ4v) is 1.30. The molecule has 0 atom stereocenters. The van der Waals surface area contributed by atoms with Crippen LogP contribution in [0, 0.1) is 0 Å². The Morgan fingerprint density at radius 2 is 2.20 bits per heavy atom. The zero-order chi connectivity index (χ0) is 10.8. The van der Waals surface area contributed by atoms with E-state index in [0.717, 1.165) is 16.5 Å². The van der Waals surface area contributed by atoms with Crippen molar-refractivity contribution in [3.63, 3.8) is 0 Å². The van der Waals surface area contributed by atoms with Crippen molar-refractivity contribution in [2.45, 2.75) is 0 Å². The molecule has 5 N–H and O–H groups in total. The van der Waals surface area contributed by atoms with Crippen LogP contribution in [-0.4, -0.2) is 16.1 Å². The molecular weight excluding hydrogens is 192 g/mol. The van der Waals surface area contributed by atoms with Crippen molar-refractivity contribution in [2.75, 3.05) is 0 Å². The van der Waals surface area contributed by atoms with Crippen molar-refractivity contribution in [2.24, 2.45) is 11.5 Å². The number of nitrogens with one attached hydrogen (secondary N) is 1. The lowest BCUT2D eigenvalue weighted by molar-refractivity contribution is -0.114. The Kier molecular flexibility index (Phi) is 2.13. The van der Waals surface area contributed by atoms with Crippen LogP contribution in [0.4, 0.5) is 0 Å². The van der Waals surface area contributed by atoms with E-state index >= 15 is 0 Å². The largest absolute Gasteiger partial charge is 0.394 e. The van der Waals surface area contributed by atoms with Crippen LogP contribution >= 0.6 is 0 Å². The molecule has 0 spiro atoms. The van der Waals surface area contributed by atoms with Gasteiger partial charge < -0.3 is 11.5 Å². The highest BCUT2D eigenvalue weighted by Crippen LogP contribution is 2.14. The fourth-order valence-electron chi connectivity index (χ4n) is 1.30. The first-order valence-corrected chi connectivity index (χ1v) is 4.37. The van der Waals surface area contributed by atoms with Gasteiger partial charge in [-0.2, -0.15) is 5.10 Å². The lowest BCUT2D eigenvalue weighted by atomic mass is 10.1. The maximum absolute atomic E-state index is 10.7. The standard InChI is InChI=1S/C10H10N4O/c11-8(10(12)15)3-6-1-2-7-5-13-14-9(7)4-6/h1-5H,11H2,(H2,12,15)(H,13,14)/b8-3-. The second-order valence-corrected chi connectivity index (χ2v) is 3.18. The number of hydrogen-bond donors (Lipinski definition) is 3. The molecule has 1 aromatic heterocycles. The zero-order valence-corrected chi connectivity index (χ0v) is 7.90. The molecule has 0 saturated carbocycles. The van der Waals surface area contributed by atoms with Gasteiger partial charge in [-0.05, 0) is 17.7 Å². The smallest absolute Gasteiger partial charge is 0.264 e. The van der Waals surface area contributed by atoms with Gasteiger partial charge in [0.1, 0.15) is 0 Å². The summed E-state index contributed by atoms with van der Waals surface area (Å²) in [5, 5.41) is 7.72. The number of carbonyl (C=O) groups excluding carboxylic acids is 1. The summed E-state index contributed by atoms with van der Waals surface area (Å²) >= 11 is 0. The molecule has 0 fully saturated rings. The normalized spacial score (nSPS) is 11.9. The molecule has 0 radical (unpaired) electrons. The van der Waals surface area contributed by atoms with Gasteiger partial charge in [0.05, 0.1) is 17.4 Å². The first-order valence-electron chi connectivity index (χ1n) is 4.37. The zero-order valence-electron chi connectivity index (χ0n) is 7.90. The topological polar surface area (TPSA) is 97.8 Å². The average Bonchev–Trinajstić information content (AvgIpc) is 2.64. The Labute approximate surface area is 85.8 Å². The summed E-state index contributed by atoms with van der Waals surface area (Å²) in [6.07, 6.45) is 3.25. The van der Waals surface area contributed by atoms with Crippen LogP contribution in [0.15, 0.2) is 30.1 Å². The molecule has 0 aliphatic carbocycles. The second kappa shape index (κ2) is 3.45. The van der Waals surface area contributed by atoms with Crippen molar-refractivity contribution in [1.82, 2.24) is 10.2 Å². The van der Waals surface area contributed by atoms with E-state index < -0.39 is 5.91 Å². The van der Waals surface area contributed by atoms with E-state index in [4.69, 9.17) is 11.5 Å². The molecule has 0 saturated heterocycles. The number of primary amides is 1. The third-order valence-electron chi connectivity index (χ3n) is 2.07. The minimum atomic E-state index is -0.625. The number of carbonyl (C=O) groups is 1. The average molecular weight is 202 g/mol. The molecule has 5 heteroatoms. The van der Waals surface area contributed by atoms with Crippen LogP contribution in [-0.2, 0) is 4.79 Å². The molecule has 2 rings (SSSR count). The van der Waals surface area contributed by atoms with E-state index in [0.29, 0.717) is 0 Å². The summed E-state index contributed by atoms with van der Waals surface area (Å²) in [5.74, 6) is -0.625. The van der Waals surface area contributed by atoms with Crippen LogP contribution in [0.2, 0.25) is 0 Å². The molecule has 2 aromatic rings. The molecule has 0 bridgehead atoms. The van der Waals surface area contributed by atoms with Crippen LogP contribution in [0.5, 0.6) is 0 Å². The van der Waals surface area contributed by atoms with Crippen molar-refractivity contribution in [1.29, 1.82) is 0 Å². The molecule has 0 aliphatic rings. The lowest BCUT2D eigenvalue weighted by Gasteiger charge is -1.96. The quantitative estimate of drug-likeness (QED) is 0.613. The number of hydrogen-bond acceptors (Lipinski definition) is 3. The van der Waals surface area contributed by atoms with Crippen molar-refractivity contribution < 1.29 is 4.79 Å². The molecule has 1 heterocycles. The number of nitrogens with zero attached hydrogens (tertiary/aromatic N) is 1. The Bertz CT molecular complexity index is 541.